The largest absolute Gasteiger partial charge is 0.469 e. The zero-order chi connectivity index (χ0) is 39.3. The first-order valence-corrected chi connectivity index (χ1v) is 17.4. The van der Waals surface area contributed by atoms with Gasteiger partial charge in [-0.15, -0.1) is 0 Å². The van der Waals surface area contributed by atoms with Crippen molar-refractivity contribution in [3.8, 4) is 11.1 Å². The van der Waals surface area contributed by atoms with Crippen LogP contribution in [-0.2, 0) is 35.3 Å². The summed E-state index contributed by atoms with van der Waals surface area (Å²) >= 11 is 0. The topological polar surface area (TPSA) is 165 Å². The number of nitrogens with zero attached hydrogens (tertiary/aromatic N) is 2. The van der Waals surface area contributed by atoms with Crippen molar-refractivity contribution in [2.75, 3.05) is 33.3 Å². The van der Waals surface area contributed by atoms with Crippen LogP contribution in [0.15, 0.2) is 60.8 Å². The standard InChI is InChI=1S/C38H49BF2N6O6/c1-6-33(49)47(17-14-30(42)37(52)44-16-15-43-32(48)21-45-36(51)28(39)20-34(50)53-5)35(38(2,3)4)31-18-25(27-19-26(40)12-13-29(27)41)23-46(31)22-24-10-8-7-9-11-24/h7-13,18-19,23,28,30,35H,6,14-17,20-22,42H2,1-5H3,(H,43,48)(H,44,52)(H,45,51)/t28-,30-,35-/m0/s1. The third-order valence-electron chi connectivity index (χ3n) is 8.54. The third-order valence-corrected chi connectivity index (χ3v) is 8.54. The number of benzene rings is 2. The Bertz CT molecular complexity index is 1730. The van der Waals surface area contributed by atoms with Crippen LogP contribution in [0.2, 0.25) is 5.82 Å². The average Bonchev–Trinajstić information content (AvgIpc) is 3.52. The molecule has 0 spiro atoms. The summed E-state index contributed by atoms with van der Waals surface area (Å²) in [7, 11) is 6.78. The summed E-state index contributed by atoms with van der Waals surface area (Å²) in [6.45, 7) is 7.93. The van der Waals surface area contributed by atoms with E-state index in [1.807, 2.05) is 55.7 Å². The number of carbonyl (C=O) groups excluding carboxylic acids is 5. The van der Waals surface area contributed by atoms with Crippen LogP contribution in [0.5, 0.6) is 0 Å². The molecule has 0 saturated carbocycles. The van der Waals surface area contributed by atoms with Gasteiger partial charge in [0.25, 0.3) is 0 Å². The second kappa shape index (κ2) is 19.7. The molecule has 0 aliphatic rings. The summed E-state index contributed by atoms with van der Waals surface area (Å²) < 4.78 is 35.7. The number of esters is 1. The monoisotopic (exact) mass is 734 g/mol. The Labute approximate surface area is 310 Å². The summed E-state index contributed by atoms with van der Waals surface area (Å²) in [4.78, 5) is 63.6. The molecule has 5 N–H and O–H groups in total. The van der Waals surface area contributed by atoms with Crippen molar-refractivity contribution < 1.29 is 37.5 Å². The van der Waals surface area contributed by atoms with Crippen molar-refractivity contribution in [1.29, 1.82) is 0 Å². The SMILES string of the molecule is [B][C@@H](CC(=O)OC)C(=O)NCC(=O)NCCNC(=O)[C@@H](N)CCN(C(=O)CC)[C@@H](c1cc(-c2cc(F)ccc2F)cn1Cc1ccccc1)C(C)(C)C. The molecule has 0 bridgehead atoms. The number of halogens is 2. The minimum Gasteiger partial charge on any atom is -0.469 e. The number of rotatable bonds is 18. The highest BCUT2D eigenvalue weighted by atomic mass is 19.1. The molecule has 1 aromatic heterocycles. The summed E-state index contributed by atoms with van der Waals surface area (Å²) in [5, 5.41) is 7.54. The Hall–Kier alpha value is -5.05. The van der Waals surface area contributed by atoms with Crippen LogP contribution < -0.4 is 21.7 Å². The van der Waals surface area contributed by atoms with E-state index >= 15 is 4.39 Å². The van der Waals surface area contributed by atoms with Gasteiger partial charge in [0, 0.05) is 67.9 Å². The van der Waals surface area contributed by atoms with Crippen LogP contribution >= 0.6 is 0 Å². The second-order valence-electron chi connectivity index (χ2n) is 13.7. The highest BCUT2D eigenvalue weighted by molar-refractivity contribution is 6.25. The first-order chi connectivity index (χ1) is 25.0. The molecule has 15 heteroatoms. The van der Waals surface area contributed by atoms with Gasteiger partial charge in [-0.3, -0.25) is 24.0 Å². The Balaban J connectivity index is 1.72. The maximum Gasteiger partial charge on any atom is 0.305 e. The molecule has 0 unspecified atom stereocenters. The molecule has 53 heavy (non-hydrogen) atoms. The molecule has 2 radical (unpaired) electrons. The van der Waals surface area contributed by atoms with Gasteiger partial charge in [0.1, 0.15) is 11.6 Å². The van der Waals surface area contributed by atoms with E-state index in [9.17, 15) is 28.4 Å². The summed E-state index contributed by atoms with van der Waals surface area (Å²) in [5.74, 6) is -4.88. The van der Waals surface area contributed by atoms with Gasteiger partial charge < -0.3 is 35.9 Å². The van der Waals surface area contributed by atoms with Crippen LogP contribution in [0.4, 0.5) is 8.78 Å². The molecular formula is C38H49BF2N6O6. The Kier molecular flexibility index (Phi) is 15.7. The molecule has 1 heterocycles. The Morgan fingerprint density at radius 1 is 0.962 bits per heavy atom. The van der Waals surface area contributed by atoms with Gasteiger partial charge >= 0.3 is 5.97 Å². The van der Waals surface area contributed by atoms with Crippen LogP contribution in [0.25, 0.3) is 11.1 Å². The van der Waals surface area contributed by atoms with Crippen LogP contribution in [-0.4, -0.2) is 86.2 Å². The fourth-order valence-electron chi connectivity index (χ4n) is 5.86. The summed E-state index contributed by atoms with van der Waals surface area (Å²) in [5.41, 5.74) is 7.96. The van der Waals surface area contributed by atoms with Gasteiger partial charge in [0.05, 0.1) is 33.6 Å². The lowest BCUT2D eigenvalue weighted by atomic mass is 9.82. The van der Waals surface area contributed by atoms with Crippen molar-refractivity contribution in [3.63, 3.8) is 0 Å². The third kappa shape index (κ3) is 12.6. The first kappa shape index (κ1) is 42.4. The van der Waals surface area contributed by atoms with E-state index in [1.54, 1.807) is 24.1 Å². The lowest BCUT2D eigenvalue weighted by Gasteiger charge is -2.41. The molecule has 3 atom stereocenters. The molecule has 0 aliphatic carbocycles. The molecule has 3 rings (SSSR count). The summed E-state index contributed by atoms with van der Waals surface area (Å²) in [6.07, 6.45) is 1.72. The molecule has 2 aromatic carbocycles. The van der Waals surface area contributed by atoms with Gasteiger partial charge in [-0.2, -0.15) is 0 Å². The maximum absolute atomic E-state index is 15.0. The highest BCUT2D eigenvalue weighted by Crippen LogP contribution is 2.41. The van der Waals surface area contributed by atoms with E-state index in [4.69, 9.17) is 13.6 Å². The zero-order valence-corrected chi connectivity index (χ0v) is 30.9. The van der Waals surface area contributed by atoms with Gasteiger partial charge in [0.2, 0.25) is 23.6 Å². The Morgan fingerprint density at radius 2 is 1.64 bits per heavy atom. The number of ether oxygens (including phenoxy) is 1. The average molecular weight is 735 g/mol. The van der Waals surface area contributed by atoms with Gasteiger partial charge in [-0.1, -0.05) is 58.0 Å². The molecule has 3 aromatic rings. The van der Waals surface area contributed by atoms with E-state index in [0.717, 1.165) is 23.8 Å². The molecular weight excluding hydrogens is 685 g/mol. The Morgan fingerprint density at radius 3 is 2.28 bits per heavy atom. The number of nitrogens with one attached hydrogen (secondary N) is 3. The van der Waals surface area contributed by atoms with Crippen LogP contribution in [0, 0.1) is 17.0 Å². The maximum atomic E-state index is 15.0. The van der Waals surface area contributed by atoms with Gasteiger partial charge in [-0.25, -0.2) is 8.78 Å². The van der Waals surface area contributed by atoms with E-state index in [-0.39, 0.29) is 56.9 Å². The number of methoxy groups -OCH3 is 1. The molecule has 284 valence electrons. The predicted octanol–water partition coefficient (Wildman–Crippen LogP) is 3.39. The molecule has 0 aliphatic heterocycles. The smallest absolute Gasteiger partial charge is 0.305 e. The lowest BCUT2D eigenvalue weighted by molar-refractivity contribution is -0.142. The number of hydrogen-bond acceptors (Lipinski definition) is 7. The van der Waals surface area contributed by atoms with Crippen LogP contribution in [0.3, 0.4) is 0 Å². The lowest BCUT2D eigenvalue weighted by Crippen LogP contribution is -2.48. The fourth-order valence-corrected chi connectivity index (χ4v) is 5.86. The second-order valence-corrected chi connectivity index (χ2v) is 13.7. The molecule has 12 nitrogen and oxygen atoms in total. The van der Waals surface area contributed by atoms with Crippen LogP contribution in [0.1, 0.15) is 64.3 Å². The fraction of sp³-hybridized carbons (Fsp3) is 0.447. The minimum atomic E-state index is -1.17. The normalized spacial score (nSPS) is 13.0. The predicted molar refractivity (Wildman–Crippen MR) is 197 cm³/mol. The van der Waals surface area contributed by atoms with Crippen molar-refractivity contribution in [3.05, 3.63) is 83.7 Å². The van der Waals surface area contributed by atoms with E-state index < -0.39 is 58.6 Å². The number of hydrogen-bond donors (Lipinski definition) is 4. The van der Waals surface area contributed by atoms with Crippen molar-refractivity contribution in [2.24, 2.45) is 11.1 Å². The van der Waals surface area contributed by atoms with E-state index in [0.29, 0.717) is 17.8 Å². The van der Waals surface area contributed by atoms with E-state index in [1.165, 1.54) is 7.11 Å². The van der Waals surface area contributed by atoms with Crippen molar-refractivity contribution in [1.82, 2.24) is 25.4 Å². The summed E-state index contributed by atoms with van der Waals surface area (Å²) in [6, 6.07) is 13.2. The number of carbonyl (C=O) groups is 5. The highest BCUT2D eigenvalue weighted by Gasteiger charge is 2.37. The van der Waals surface area contributed by atoms with Gasteiger partial charge in [-0.05, 0) is 41.7 Å². The minimum absolute atomic E-state index is 0.0422. The zero-order valence-electron chi connectivity index (χ0n) is 30.9. The molecule has 4 amide bonds. The van der Waals surface area contributed by atoms with E-state index in [2.05, 4.69) is 20.7 Å². The van der Waals surface area contributed by atoms with Gasteiger partial charge in [0.15, 0.2) is 0 Å². The van der Waals surface area contributed by atoms with Crippen molar-refractivity contribution in [2.45, 2.75) is 71.4 Å². The quantitative estimate of drug-likeness (QED) is 0.0884. The number of amides is 4. The number of aromatic nitrogens is 1. The molecule has 0 fully saturated rings. The molecule has 0 saturated heterocycles. The van der Waals surface area contributed by atoms with Crippen molar-refractivity contribution >= 4 is 37.4 Å². The first-order valence-electron chi connectivity index (χ1n) is 17.4. The number of nitrogens with two attached hydrogens (primary N) is 1.